The highest BCUT2D eigenvalue weighted by Gasteiger charge is 2.52. The summed E-state index contributed by atoms with van der Waals surface area (Å²) in [6.45, 7) is 5.00. The summed E-state index contributed by atoms with van der Waals surface area (Å²) in [7, 11) is 0. The SMILES string of the molecule is CCCCN(CCCC)OC(C(=O)O)(C(=O)O)c1ccccc1. The van der Waals surface area contributed by atoms with E-state index in [1.165, 1.54) is 17.2 Å². The van der Waals surface area contributed by atoms with Crippen molar-refractivity contribution < 1.29 is 24.6 Å². The molecule has 0 radical (unpaired) electrons. The Bertz CT molecular complexity index is 481. The molecule has 6 nitrogen and oxygen atoms in total. The normalized spacial score (nSPS) is 11.6. The number of carbonyl (C=O) groups is 2. The lowest BCUT2D eigenvalue weighted by molar-refractivity contribution is -0.257. The van der Waals surface area contributed by atoms with Crippen molar-refractivity contribution in [2.45, 2.75) is 45.1 Å². The third kappa shape index (κ3) is 4.77. The number of carboxylic acid groups (broad SMARTS) is 2. The zero-order valence-electron chi connectivity index (χ0n) is 13.7. The van der Waals surface area contributed by atoms with Crippen LogP contribution in [0.2, 0.25) is 0 Å². The summed E-state index contributed by atoms with van der Waals surface area (Å²) in [5.41, 5.74) is -2.33. The molecule has 1 aromatic carbocycles. The van der Waals surface area contributed by atoms with Gasteiger partial charge in [0.25, 0.3) is 0 Å². The molecule has 0 amide bonds. The van der Waals surface area contributed by atoms with Gasteiger partial charge in [-0.05, 0) is 12.8 Å². The molecule has 0 atom stereocenters. The van der Waals surface area contributed by atoms with Crippen molar-refractivity contribution >= 4 is 11.9 Å². The molecule has 0 fully saturated rings. The predicted octanol–water partition coefficient (Wildman–Crippen LogP) is 2.88. The molecule has 0 unspecified atom stereocenters. The van der Waals surface area contributed by atoms with Gasteiger partial charge in [-0.1, -0.05) is 57.0 Å². The lowest BCUT2D eigenvalue weighted by Crippen LogP contribution is -2.51. The largest absolute Gasteiger partial charge is 0.478 e. The molecule has 2 N–H and O–H groups in total. The summed E-state index contributed by atoms with van der Waals surface area (Å²) in [4.78, 5) is 29.2. The van der Waals surface area contributed by atoms with Gasteiger partial charge in [0.05, 0.1) is 0 Å². The molecular weight excluding hydrogens is 298 g/mol. The Morgan fingerprint density at radius 3 is 1.87 bits per heavy atom. The average molecular weight is 323 g/mol. The molecule has 0 saturated carbocycles. The van der Waals surface area contributed by atoms with Crippen molar-refractivity contribution in [1.29, 1.82) is 0 Å². The fraction of sp³-hybridized carbons (Fsp3) is 0.529. The Balaban J connectivity index is 3.16. The summed E-state index contributed by atoms with van der Waals surface area (Å²) in [6.07, 6.45) is 3.41. The van der Waals surface area contributed by atoms with Gasteiger partial charge < -0.3 is 10.2 Å². The van der Waals surface area contributed by atoms with Crippen molar-refractivity contribution in [2.24, 2.45) is 0 Å². The van der Waals surface area contributed by atoms with Crippen LogP contribution in [0.4, 0.5) is 0 Å². The van der Waals surface area contributed by atoms with Crippen LogP contribution in [0.25, 0.3) is 0 Å². The Labute approximate surface area is 136 Å². The third-order valence-electron chi connectivity index (χ3n) is 3.57. The van der Waals surface area contributed by atoms with E-state index in [9.17, 15) is 19.8 Å². The molecule has 6 heteroatoms. The molecule has 23 heavy (non-hydrogen) atoms. The van der Waals surface area contributed by atoms with E-state index in [4.69, 9.17) is 4.84 Å². The van der Waals surface area contributed by atoms with E-state index in [1.807, 2.05) is 13.8 Å². The van der Waals surface area contributed by atoms with Crippen LogP contribution in [-0.4, -0.2) is 40.3 Å². The number of carboxylic acids is 2. The van der Waals surface area contributed by atoms with Gasteiger partial charge in [-0.15, -0.1) is 0 Å². The van der Waals surface area contributed by atoms with Gasteiger partial charge in [0, 0.05) is 18.7 Å². The van der Waals surface area contributed by atoms with E-state index in [-0.39, 0.29) is 5.56 Å². The van der Waals surface area contributed by atoms with Crippen molar-refractivity contribution in [1.82, 2.24) is 5.06 Å². The predicted molar refractivity (Wildman–Crippen MR) is 85.9 cm³/mol. The first-order chi connectivity index (χ1) is 11.0. The number of rotatable bonds is 11. The second-order valence-corrected chi connectivity index (χ2v) is 5.38. The number of hydrogen-bond donors (Lipinski definition) is 2. The minimum atomic E-state index is -2.43. The maximum Gasteiger partial charge on any atom is 0.354 e. The average Bonchev–Trinajstić information content (AvgIpc) is 2.54. The molecule has 0 heterocycles. The van der Waals surface area contributed by atoms with Gasteiger partial charge >= 0.3 is 17.5 Å². The Kier molecular flexibility index (Phi) is 7.71. The lowest BCUT2D eigenvalue weighted by atomic mass is 9.94. The van der Waals surface area contributed by atoms with E-state index in [0.717, 1.165) is 25.7 Å². The standard InChI is InChI=1S/C17H25NO5/c1-3-5-12-18(13-6-4-2)23-17(15(19)20,16(21)22)14-10-8-7-9-11-14/h7-11H,3-6,12-13H2,1-2H3,(H,19,20)(H,21,22). The smallest absolute Gasteiger partial charge is 0.354 e. The van der Waals surface area contributed by atoms with E-state index in [0.29, 0.717) is 13.1 Å². The molecule has 1 rings (SSSR count). The highest BCUT2D eigenvalue weighted by Crippen LogP contribution is 2.28. The van der Waals surface area contributed by atoms with E-state index in [1.54, 1.807) is 18.2 Å². The zero-order valence-corrected chi connectivity index (χ0v) is 13.7. The monoisotopic (exact) mass is 323 g/mol. The van der Waals surface area contributed by atoms with Gasteiger partial charge in [-0.3, -0.25) is 4.84 Å². The molecule has 128 valence electrons. The molecule has 0 bridgehead atoms. The first-order valence-corrected chi connectivity index (χ1v) is 7.95. The number of benzene rings is 1. The van der Waals surface area contributed by atoms with Gasteiger partial charge in [0.1, 0.15) is 0 Å². The van der Waals surface area contributed by atoms with Crippen LogP contribution < -0.4 is 0 Å². The summed E-state index contributed by atoms with van der Waals surface area (Å²) in [6, 6.07) is 7.81. The van der Waals surface area contributed by atoms with Crippen LogP contribution in [0.15, 0.2) is 30.3 Å². The number of aliphatic carboxylic acids is 2. The van der Waals surface area contributed by atoms with Crippen molar-refractivity contribution in [3.05, 3.63) is 35.9 Å². The lowest BCUT2D eigenvalue weighted by Gasteiger charge is -2.32. The van der Waals surface area contributed by atoms with Gasteiger partial charge in [0.2, 0.25) is 0 Å². The van der Waals surface area contributed by atoms with Crippen molar-refractivity contribution in [2.75, 3.05) is 13.1 Å². The van der Waals surface area contributed by atoms with E-state index in [2.05, 4.69) is 0 Å². The quantitative estimate of drug-likeness (QED) is 0.481. The van der Waals surface area contributed by atoms with Crippen LogP contribution in [0.1, 0.15) is 45.1 Å². The zero-order chi connectivity index (χ0) is 17.3. The summed E-state index contributed by atoms with van der Waals surface area (Å²) < 4.78 is 0. The molecule has 0 aromatic heterocycles. The molecule has 0 spiro atoms. The first-order valence-electron chi connectivity index (χ1n) is 7.95. The first kappa shape index (κ1) is 19.1. The molecular formula is C17H25NO5. The van der Waals surface area contributed by atoms with E-state index >= 15 is 0 Å². The number of hydroxylamine groups is 2. The second-order valence-electron chi connectivity index (χ2n) is 5.38. The highest BCUT2D eigenvalue weighted by atomic mass is 16.7. The maximum absolute atomic E-state index is 11.8. The third-order valence-corrected chi connectivity index (χ3v) is 3.57. The van der Waals surface area contributed by atoms with Crippen molar-refractivity contribution in [3.63, 3.8) is 0 Å². The van der Waals surface area contributed by atoms with Gasteiger partial charge in [0.15, 0.2) is 0 Å². The van der Waals surface area contributed by atoms with E-state index < -0.39 is 17.5 Å². The number of nitrogens with zero attached hydrogens (tertiary/aromatic N) is 1. The van der Waals surface area contributed by atoms with Crippen molar-refractivity contribution in [3.8, 4) is 0 Å². The Morgan fingerprint density at radius 2 is 1.48 bits per heavy atom. The molecule has 0 aliphatic carbocycles. The summed E-state index contributed by atoms with van der Waals surface area (Å²) >= 11 is 0. The maximum atomic E-state index is 11.8. The van der Waals surface area contributed by atoms with Gasteiger partial charge in [-0.25, -0.2) is 9.59 Å². The summed E-state index contributed by atoms with van der Waals surface area (Å²) in [5.74, 6) is -3.07. The molecule has 0 saturated heterocycles. The Hall–Kier alpha value is -1.92. The van der Waals surface area contributed by atoms with Crippen LogP contribution in [-0.2, 0) is 20.0 Å². The highest BCUT2D eigenvalue weighted by molar-refractivity contribution is 6.02. The fourth-order valence-corrected chi connectivity index (χ4v) is 2.21. The fourth-order valence-electron chi connectivity index (χ4n) is 2.21. The molecule has 0 aliphatic heterocycles. The van der Waals surface area contributed by atoms with Crippen LogP contribution in [0.3, 0.4) is 0 Å². The van der Waals surface area contributed by atoms with Crippen LogP contribution in [0, 0.1) is 0 Å². The Morgan fingerprint density at radius 1 is 1.00 bits per heavy atom. The van der Waals surface area contributed by atoms with Crippen LogP contribution in [0.5, 0.6) is 0 Å². The summed E-state index contributed by atoms with van der Waals surface area (Å²) in [5, 5.41) is 20.7. The second kappa shape index (κ2) is 9.27. The minimum absolute atomic E-state index is 0.0954. The topological polar surface area (TPSA) is 87.1 Å². The molecule has 1 aromatic rings. The van der Waals surface area contributed by atoms with Gasteiger partial charge in [-0.2, -0.15) is 5.06 Å². The number of hydrogen-bond acceptors (Lipinski definition) is 4. The molecule has 0 aliphatic rings. The number of unbranched alkanes of at least 4 members (excludes halogenated alkanes) is 2. The van der Waals surface area contributed by atoms with Crippen LogP contribution >= 0.6 is 0 Å². The minimum Gasteiger partial charge on any atom is -0.478 e.